The van der Waals surface area contributed by atoms with Crippen molar-refractivity contribution in [1.29, 1.82) is 0 Å². The second-order valence-electron chi connectivity index (χ2n) is 8.41. The Bertz CT molecular complexity index is 765. The summed E-state index contributed by atoms with van der Waals surface area (Å²) in [6.07, 6.45) is 5.82. The van der Waals surface area contributed by atoms with E-state index in [-0.39, 0.29) is 17.9 Å². The lowest BCUT2D eigenvalue weighted by Gasteiger charge is -2.45. The number of nitrogens with zero attached hydrogens (tertiary/aromatic N) is 2. The molecule has 6 nitrogen and oxygen atoms in total. The Morgan fingerprint density at radius 1 is 1.14 bits per heavy atom. The van der Waals surface area contributed by atoms with E-state index in [1.165, 1.54) is 4.90 Å². The van der Waals surface area contributed by atoms with Crippen molar-refractivity contribution in [2.75, 3.05) is 0 Å². The Kier molecular flexibility index (Phi) is 5.13. The third-order valence-electron chi connectivity index (χ3n) is 6.83. The predicted molar refractivity (Wildman–Crippen MR) is 103 cm³/mol. The summed E-state index contributed by atoms with van der Waals surface area (Å²) in [5, 5.41) is 9.85. The molecule has 1 N–H and O–H groups in total. The molecule has 0 spiro atoms. The fourth-order valence-electron chi connectivity index (χ4n) is 5.45. The number of benzene rings is 1. The number of rotatable bonds is 5. The summed E-state index contributed by atoms with van der Waals surface area (Å²) < 4.78 is 0. The van der Waals surface area contributed by atoms with E-state index in [9.17, 15) is 19.5 Å². The van der Waals surface area contributed by atoms with E-state index >= 15 is 0 Å². The van der Waals surface area contributed by atoms with Gasteiger partial charge in [-0.2, -0.15) is 0 Å². The summed E-state index contributed by atoms with van der Waals surface area (Å²) >= 11 is 0. The topological polar surface area (TPSA) is 77.9 Å². The highest BCUT2D eigenvalue weighted by atomic mass is 16.4. The molecule has 150 valence electrons. The fraction of sp³-hybridized carbons (Fsp3) is 0.591. The molecule has 3 fully saturated rings. The summed E-state index contributed by atoms with van der Waals surface area (Å²) in [5.74, 6) is -0.911. The predicted octanol–water partition coefficient (Wildman–Crippen LogP) is 2.46. The number of carbonyl (C=O) groups is 3. The third kappa shape index (κ3) is 3.19. The van der Waals surface area contributed by atoms with Gasteiger partial charge < -0.3 is 14.9 Å². The first-order valence-corrected chi connectivity index (χ1v) is 10.4. The zero-order valence-corrected chi connectivity index (χ0v) is 16.3. The number of fused-ring (bicyclic) bond motifs is 3. The van der Waals surface area contributed by atoms with Crippen LogP contribution in [0.25, 0.3) is 0 Å². The second kappa shape index (κ2) is 7.57. The van der Waals surface area contributed by atoms with E-state index < -0.39 is 24.1 Å². The van der Waals surface area contributed by atoms with E-state index in [4.69, 9.17) is 0 Å². The van der Waals surface area contributed by atoms with Crippen LogP contribution in [0.2, 0.25) is 0 Å². The Hall–Kier alpha value is -2.37. The highest BCUT2D eigenvalue weighted by Gasteiger charge is 2.55. The van der Waals surface area contributed by atoms with E-state index in [2.05, 4.69) is 0 Å². The van der Waals surface area contributed by atoms with Crippen molar-refractivity contribution < 1.29 is 19.5 Å². The van der Waals surface area contributed by atoms with Gasteiger partial charge in [0.05, 0.1) is 0 Å². The van der Waals surface area contributed by atoms with Crippen molar-refractivity contribution in [2.24, 2.45) is 5.92 Å². The molecule has 2 saturated heterocycles. The van der Waals surface area contributed by atoms with Crippen molar-refractivity contribution in [1.82, 2.24) is 9.80 Å². The average molecular weight is 384 g/mol. The zero-order valence-electron chi connectivity index (χ0n) is 16.3. The lowest BCUT2D eigenvalue weighted by Crippen LogP contribution is -2.66. The Morgan fingerprint density at radius 3 is 2.57 bits per heavy atom. The number of aliphatic carboxylic acids is 1. The van der Waals surface area contributed by atoms with Gasteiger partial charge in [0.2, 0.25) is 11.8 Å². The molecule has 3 aliphatic rings. The van der Waals surface area contributed by atoms with Gasteiger partial charge in [-0.15, -0.1) is 0 Å². The molecule has 6 heteroatoms. The van der Waals surface area contributed by atoms with Gasteiger partial charge >= 0.3 is 5.97 Å². The molecule has 2 amide bonds. The maximum atomic E-state index is 13.3. The first kappa shape index (κ1) is 19.0. The molecule has 4 rings (SSSR count). The van der Waals surface area contributed by atoms with Gasteiger partial charge in [0, 0.05) is 6.04 Å². The van der Waals surface area contributed by atoms with E-state index in [1.54, 1.807) is 6.92 Å². The van der Waals surface area contributed by atoms with Gasteiger partial charge in [-0.1, -0.05) is 43.2 Å². The van der Waals surface area contributed by atoms with Crippen LogP contribution in [0.15, 0.2) is 30.3 Å². The van der Waals surface area contributed by atoms with Gasteiger partial charge in [0.1, 0.15) is 18.1 Å². The average Bonchev–Trinajstić information content (AvgIpc) is 3.09. The molecule has 0 aromatic heterocycles. The summed E-state index contributed by atoms with van der Waals surface area (Å²) in [6, 6.07) is 7.65. The largest absolute Gasteiger partial charge is 0.480 e. The number of carboxylic acid groups (broad SMARTS) is 1. The molecule has 0 unspecified atom stereocenters. The number of aryl methyl sites for hydroxylation is 1. The maximum absolute atomic E-state index is 13.3. The van der Waals surface area contributed by atoms with Crippen LogP contribution < -0.4 is 0 Å². The smallest absolute Gasteiger partial charge is 0.326 e. The number of carboxylic acids is 1. The van der Waals surface area contributed by atoms with Crippen LogP contribution in [0.5, 0.6) is 0 Å². The molecule has 0 bridgehead atoms. The lowest BCUT2D eigenvalue weighted by molar-refractivity contribution is -0.168. The molecule has 1 saturated carbocycles. The van der Waals surface area contributed by atoms with Crippen molar-refractivity contribution in [3.05, 3.63) is 35.9 Å². The van der Waals surface area contributed by atoms with Crippen LogP contribution in [0.3, 0.4) is 0 Å². The van der Waals surface area contributed by atoms with Crippen molar-refractivity contribution in [2.45, 2.75) is 76.0 Å². The highest BCUT2D eigenvalue weighted by Crippen LogP contribution is 2.43. The maximum Gasteiger partial charge on any atom is 0.326 e. The molecule has 0 radical (unpaired) electrons. The number of amides is 2. The van der Waals surface area contributed by atoms with Gasteiger partial charge in [-0.3, -0.25) is 9.59 Å². The van der Waals surface area contributed by atoms with Crippen LogP contribution in [-0.4, -0.2) is 56.9 Å². The fourth-order valence-corrected chi connectivity index (χ4v) is 5.45. The third-order valence-corrected chi connectivity index (χ3v) is 6.83. The van der Waals surface area contributed by atoms with E-state index in [0.29, 0.717) is 25.2 Å². The molecule has 1 aromatic rings. The monoisotopic (exact) mass is 384 g/mol. The first-order valence-electron chi connectivity index (χ1n) is 10.4. The summed E-state index contributed by atoms with van der Waals surface area (Å²) in [4.78, 5) is 41.7. The van der Waals surface area contributed by atoms with Crippen molar-refractivity contribution in [3.8, 4) is 0 Å². The SMILES string of the molecule is C[C@H]1C(=O)N2[C@@H](C[C@H]3CCCC[C@@H]32)C(=O)N1[C@H](CCc1ccccc1)C(=O)O. The van der Waals surface area contributed by atoms with Crippen molar-refractivity contribution >= 4 is 17.8 Å². The lowest BCUT2D eigenvalue weighted by atomic mass is 9.85. The highest BCUT2D eigenvalue weighted by molar-refractivity contribution is 5.99. The molecule has 1 aromatic carbocycles. The van der Waals surface area contributed by atoms with Crippen LogP contribution in [0.1, 0.15) is 51.0 Å². The minimum Gasteiger partial charge on any atom is -0.480 e. The summed E-state index contributed by atoms with van der Waals surface area (Å²) in [5.41, 5.74) is 1.03. The standard InChI is InChI=1S/C22H28N2O4/c1-14-20(25)24-17-10-6-5-9-16(17)13-19(24)21(26)23(14)18(22(27)28)12-11-15-7-3-2-4-8-15/h2-4,7-8,14,16-19H,5-6,9-13H2,1H3,(H,27,28)/t14-,16+,17-,18+,19-/m0/s1. The first-order chi connectivity index (χ1) is 13.5. The summed E-state index contributed by atoms with van der Waals surface area (Å²) in [7, 11) is 0. The number of hydrogen-bond donors (Lipinski definition) is 1. The Morgan fingerprint density at radius 2 is 1.86 bits per heavy atom. The van der Waals surface area contributed by atoms with Crippen LogP contribution >= 0.6 is 0 Å². The Labute approximate surface area is 165 Å². The molecular formula is C22H28N2O4. The number of carbonyl (C=O) groups excluding carboxylic acids is 2. The summed E-state index contributed by atoms with van der Waals surface area (Å²) in [6.45, 7) is 1.69. The molecule has 1 aliphatic carbocycles. The van der Waals surface area contributed by atoms with Gasteiger partial charge in [-0.25, -0.2) is 4.79 Å². The minimum atomic E-state index is -1.03. The van der Waals surface area contributed by atoms with Crippen LogP contribution in [0.4, 0.5) is 0 Å². The van der Waals surface area contributed by atoms with E-state index in [1.807, 2.05) is 35.2 Å². The number of piperazine rings is 1. The molecule has 2 heterocycles. The molecular weight excluding hydrogens is 356 g/mol. The minimum absolute atomic E-state index is 0.0787. The zero-order chi connectivity index (χ0) is 19.8. The van der Waals surface area contributed by atoms with E-state index in [0.717, 1.165) is 31.2 Å². The van der Waals surface area contributed by atoms with Crippen LogP contribution in [0, 0.1) is 5.92 Å². The van der Waals surface area contributed by atoms with Gasteiger partial charge in [0.25, 0.3) is 0 Å². The van der Waals surface area contributed by atoms with Gasteiger partial charge in [0.15, 0.2) is 0 Å². The van der Waals surface area contributed by atoms with Crippen molar-refractivity contribution in [3.63, 3.8) is 0 Å². The Balaban J connectivity index is 1.56. The quantitative estimate of drug-likeness (QED) is 0.846. The van der Waals surface area contributed by atoms with Gasteiger partial charge in [-0.05, 0) is 50.5 Å². The second-order valence-corrected chi connectivity index (χ2v) is 8.41. The molecule has 2 aliphatic heterocycles. The molecule has 28 heavy (non-hydrogen) atoms. The molecule has 5 atom stereocenters. The van der Waals surface area contributed by atoms with Crippen LogP contribution in [-0.2, 0) is 20.8 Å². The normalized spacial score (nSPS) is 30.8. The number of hydrogen-bond acceptors (Lipinski definition) is 3.